The Hall–Kier alpha value is -2.66. The smallest absolute Gasteiger partial charge is 0.244 e. The highest BCUT2D eigenvalue weighted by atomic mass is 16.2. The van der Waals surface area contributed by atoms with E-state index in [0.29, 0.717) is 6.54 Å². The van der Waals surface area contributed by atoms with E-state index in [4.69, 9.17) is 0 Å². The Kier molecular flexibility index (Phi) is 6.18. The van der Waals surface area contributed by atoms with Crippen LogP contribution in [0, 0.1) is 13.8 Å². The van der Waals surface area contributed by atoms with Crippen molar-refractivity contribution >= 4 is 17.5 Å². The number of amides is 2. The summed E-state index contributed by atoms with van der Waals surface area (Å²) in [5, 5.41) is 3.01. The minimum absolute atomic E-state index is 0.0749. The molecule has 1 N–H and O–H groups in total. The third-order valence-corrected chi connectivity index (χ3v) is 6.42. The number of fused-ring (bicyclic) bond motifs is 1. The fraction of sp³-hybridized carbons (Fsp3) is 0.440. The molecule has 0 unspecified atom stereocenters. The molecule has 158 valence electrons. The molecule has 5 heteroatoms. The predicted molar refractivity (Wildman–Crippen MR) is 119 cm³/mol. The minimum Gasteiger partial charge on any atom is -0.341 e. The average Bonchev–Trinajstić information content (AvgIpc) is 2.76. The number of rotatable bonds is 4. The standard InChI is InChI=1S/C25H31N3O2/c1-18-10-11-21(16-19(18)2)26-23(29)17-28-15-12-20-8-4-5-9-22(20)24(28)25(30)27-13-6-3-7-14-27/h4-5,8-11,16,24H,3,6-7,12-15,17H2,1-2H3,(H,26,29)/t24-/m1/s1. The second kappa shape index (κ2) is 9.00. The lowest BCUT2D eigenvalue weighted by Crippen LogP contribution is -2.49. The zero-order valence-electron chi connectivity index (χ0n) is 18.0. The van der Waals surface area contributed by atoms with Crippen LogP contribution in [0.25, 0.3) is 0 Å². The number of piperidine rings is 1. The van der Waals surface area contributed by atoms with Gasteiger partial charge in [-0.15, -0.1) is 0 Å². The number of carbonyl (C=O) groups excluding carboxylic acids is 2. The highest BCUT2D eigenvalue weighted by Crippen LogP contribution is 2.32. The van der Waals surface area contributed by atoms with Crippen molar-refractivity contribution in [1.82, 2.24) is 9.80 Å². The molecule has 0 radical (unpaired) electrons. The van der Waals surface area contributed by atoms with Crippen LogP contribution in [0.15, 0.2) is 42.5 Å². The molecule has 0 aromatic heterocycles. The molecule has 2 aliphatic rings. The van der Waals surface area contributed by atoms with Gasteiger partial charge in [0, 0.05) is 25.3 Å². The molecule has 2 aromatic rings. The van der Waals surface area contributed by atoms with Gasteiger partial charge in [0.25, 0.3) is 0 Å². The predicted octanol–water partition coefficient (Wildman–Crippen LogP) is 3.85. The van der Waals surface area contributed by atoms with Crippen molar-refractivity contribution in [3.05, 3.63) is 64.7 Å². The fourth-order valence-corrected chi connectivity index (χ4v) is 4.57. The van der Waals surface area contributed by atoms with Crippen LogP contribution in [-0.2, 0) is 16.0 Å². The Morgan fingerprint density at radius 1 is 0.967 bits per heavy atom. The number of benzene rings is 2. The molecule has 2 aromatic carbocycles. The molecule has 0 bridgehead atoms. The maximum absolute atomic E-state index is 13.5. The summed E-state index contributed by atoms with van der Waals surface area (Å²) in [5.41, 5.74) is 5.43. The van der Waals surface area contributed by atoms with E-state index in [1.54, 1.807) is 0 Å². The molecular formula is C25H31N3O2. The normalized spacial score (nSPS) is 19.3. The zero-order chi connectivity index (χ0) is 21.1. The summed E-state index contributed by atoms with van der Waals surface area (Å²) in [5.74, 6) is 0.0647. The van der Waals surface area contributed by atoms with Gasteiger partial charge in [-0.3, -0.25) is 14.5 Å². The first-order valence-corrected chi connectivity index (χ1v) is 11.0. The Bertz CT molecular complexity index is 934. The second-order valence-electron chi connectivity index (χ2n) is 8.55. The van der Waals surface area contributed by atoms with Gasteiger partial charge >= 0.3 is 0 Å². The van der Waals surface area contributed by atoms with Gasteiger partial charge in [-0.25, -0.2) is 0 Å². The lowest BCUT2D eigenvalue weighted by atomic mass is 9.91. The maximum Gasteiger partial charge on any atom is 0.244 e. The van der Waals surface area contributed by atoms with Gasteiger partial charge in [0.1, 0.15) is 6.04 Å². The van der Waals surface area contributed by atoms with E-state index in [0.717, 1.165) is 49.2 Å². The van der Waals surface area contributed by atoms with Gasteiger partial charge in [-0.2, -0.15) is 0 Å². The van der Waals surface area contributed by atoms with E-state index in [-0.39, 0.29) is 24.4 Å². The van der Waals surface area contributed by atoms with E-state index in [1.165, 1.54) is 17.5 Å². The number of nitrogens with zero attached hydrogens (tertiary/aromatic N) is 2. The minimum atomic E-state index is -0.376. The number of aryl methyl sites for hydroxylation is 2. The summed E-state index contributed by atoms with van der Waals surface area (Å²) in [6.07, 6.45) is 4.17. The average molecular weight is 406 g/mol. The van der Waals surface area contributed by atoms with E-state index in [9.17, 15) is 9.59 Å². The molecule has 1 fully saturated rings. The van der Waals surface area contributed by atoms with Gasteiger partial charge in [0.15, 0.2) is 0 Å². The maximum atomic E-state index is 13.5. The quantitative estimate of drug-likeness (QED) is 0.841. The Morgan fingerprint density at radius 2 is 1.73 bits per heavy atom. The van der Waals surface area contributed by atoms with Crippen LogP contribution in [0.4, 0.5) is 5.69 Å². The third-order valence-electron chi connectivity index (χ3n) is 6.42. The molecule has 1 saturated heterocycles. The van der Waals surface area contributed by atoms with Crippen LogP contribution in [0.3, 0.4) is 0 Å². The van der Waals surface area contributed by atoms with Crippen molar-refractivity contribution in [1.29, 1.82) is 0 Å². The van der Waals surface area contributed by atoms with Crippen molar-refractivity contribution < 1.29 is 9.59 Å². The first kappa shape index (κ1) is 20.6. The third kappa shape index (κ3) is 4.41. The number of nitrogens with one attached hydrogen (secondary N) is 1. The van der Waals surface area contributed by atoms with Crippen molar-refractivity contribution in [3.8, 4) is 0 Å². The van der Waals surface area contributed by atoms with Crippen LogP contribution in [0.1, 0.15) is 47.6 Å². The molecule has 2 aliphatic heterocycles. The molecule has 0 aliphatic carbocycles. The number of carbonyl (C=O) groups is 2. The topological polar surface area (TPSA) is 52.7 Å². The highest BCUT2D eigenvalue weighted by molar-refractivity contribution is 5.93. The summed E-state index contributed by atoms with van der Waals surface area (Å²) < 4.78 is 0. The second-order valence-corrected chi connectivity index (χ2v) is 8.55. The highest BCUT2D eigenvalue weighted by Gasteiger charge is 2.36. The van der Waals surface area contributed by atoms with Crippen molar-refractivity contribution in [2.45, 2.75) is 45.6 Å². The van der Waals surface area contributed by atoms with Crippen LogP contribution in [0.2, 0.25) is 0 Å². The molecule has 0 saturated carbocycles. The lowest BCUT2D eigenvalue weighted by molar-refractivity contribution is -0.139. The molecule has 2 amide bonds. The Morgan fingerprint density at radius 3 is 2.50 bits per heavy atom. The molecule has 5 nitrogen and oxygen atoms in total. The van der Waals surface area contributed by atoms with Gasteiger partial charge in [0.05, 0.1) is 6.54 Å². The molecule has 30 heavy (non-hydrogen) atoms. The van der Waals surface area contributed by atoms with Crippen LogP contribution >= 0.6 is 0 Å². The van der Waals surface area contributed by atoms with E-state index < -0.39 is 0 Å². The van der Waals surface area contributed by atoms with Crippen LogP contribution < -0.4 is 5.32 Å². The Labute approximate surface area is 179 Å². The van der Waals surface area contributed by atoms with E-state index >= 15 is 0 Å². The first-order chi connectivity index (χ1) is 14.5. The number of anilines is 1. The molecule has 0 spiro atoms. The van der Waals surface area contributed by atoms with Crippen molar-refractivity contribution in [2.75, 3.05) is 31.5 Å². The van der Waals surface area contributed by atoms with Crippen molar-refractivity contribution in [2.24, 2.45) is 0 Å². The zero-order valence-corrected chi connectivity index (χ0v) is 18.0. The lowest BCUT2D eigenvalue weighted by Gasteiger charge is -2.39. The van der Waals surface area contributed by atoms with Gasteiger partial charge in [0.2, 0.25) is 11.8 Å². The van der Waals surface area contributed by atoms with Crippen molar-refractivity contribution in [3.63, 3.8) is 0 Å². The summed E-state index contributed by atoms with van der Waals surface area (Å²) in [4.78, 5) is 30.4. The summed E-state index contributed by atoms with van der Waals surface area (Å²) in [6, 6.07) is 13.8. The fourth-order valence-electron chi connectivity index (χ4n) is 4.57. The molecule has 1 atom stereocenters. The first-order valence-electron chi connectivity index (χ1n) is 11.0. The number of hydrogen-bond donors (Lipinski definition) is 1. The monoisotopic (exact) mass is 405 g/mol. The van der Waals surface area contributed by atoms with Gasteiger partial charge in [-0.1, -0.05) is 30.3 Å². The Balaban J connectivity index is 1.53. The summed E-state index contributed by atoms with van der Waals surface area (Å²) >= 11 is 0. The molecule has 4 rings (SSSR count). The van der Waals surface area contributed by atoms with Crippen LogP contribution in [-0.4, -0.2) is 47.8 Å². The largest absolute Gasteiger partial charge is 0.341 e. The SMILES string of the molecule is Cc1ccc(NC(=O)CN2CCc3ccccc3[C@@H]2C(=O)N2CCCCC2)cc1C. The number of likely N-dealkylation sites (tertiary alicyclic amines) is 1. The summed E-state index contributed by atoms with van der Waals surface area (Å²) in [6.45, 7) is 6.66. The summed E-state index contributed by atoms with van der Waals surface area (Å²) in [7, 11) is 0. The van der Waals surface area contributed by atoms with E-state index in [2.05, 4.69) is 29.3 Å². The molecular weight excluding hydrogens is 374 g/mol. The van der Waals surface area contributed by atoms with Gasteiger partial charge in [-0.05, 0) is 73.9 Å². The molecule has 2 heterocycles. The number of hydrogen-bond acceptors (Lipinski definition) is 3. The van der Waals surface area contributed by atoms with Crippen LogP contribution in [0.5, 0.6) is 0 Å². The van der Waals surface area contributed by atoms with E-state index in [1.807, 2.05) is 42.2 Å². The van der Waals surface area contributed by atoms with Gasteiger partial charge < -0.3 is 10.2 Å².